The van der Waals surface area contributed by atoms with Crippen LogP contribution in [0, 0.1) is 5.82 Å². The van der Waals surface area contributed by atoms with Crippen LogP contribution in [-0.4, -0.2) is 9.78 Å². The van der Waals surface area contributed by atoms with Gasteiger partial charge in [-0.2, -0.15) is 18.3 Å². The fourth-order valence-corrected chi connectivity index (χ4v) is 2.55. The predicted octanol–water partition coefficient (Wildman–Crippen LogP) is 5.48. The molecule has 0 spiro atoms. The molecule has 1 aromatic heterocycles. The standard InChI is InChI=1S/C18H13ClF4N2O/c1-25-9-15(18(21,22)23)17(24-25)14-7-6-13(8-16(14)20)26-10-11-2-4-12(19)5-3-11/h2-9H,10H2,1H3. The van der Waals surface area contributed by atoms with Crippen LogP contribution in [0.25, 0.3) is 11.3 Å². The average Bonchev–Trinajstić information content (AvgIpc) is 2.96. The van der Waals surface area contributed by atoms with Crippen molar-refractivity contribution in [1.29, 1.82) is 0 Å². The molecule has 0 atom stereocenters. The SMILES string of the molecule is Cn1cc(C(F)(F)F)c(-c2ccc(OCc3ccc(Cl)cc3)cc2F)n1. The highest BCUT2D eigenvalue weighted by Gasteiger charge is 2.36. The van der Waals surface area contributed by atoms with Gasteiger partial charge < -0.3 is 4.74 Å². The van der Waals surface area contributed by atoms with E-state index in [-0.39, 0.29) is 17.9 Å². The summed E-state index contributed by atoms with van der Waals surface area (Å²) in [4.78, 5) is 0. The van der Waals surface area contributed by atoms with E-state index < -0.39 is 23.3 Å². The fourth-order valence-electron chi connectivity index (χ4n) is 2.42. The largest absolute Gasteiger partial charge is 0.489 e. The number of ether oxygens (including phenoxy) is 1. The van der Waals surface area contributed by atoms with Gasteiger partial charge in [0, 0.05) is 29.9 Å². The molecule has 0 unspecified atom stereocenters. The Morgan fingerprint density at radius 1 is 1.12 bits per heavy atom. The summed E-state index contributed by atoms with van der Waals surface area (Å²) < 4.78 is 60.1. The van der Waals surface area contributed by atoms with Gasteiger partial charge in [0.2, 0.25) is 0 Å². The number of aromatic nitrogens is 2. The lowest BCUT2D eigenvalue weighted by atomic mass is 10.1. The van der Waals surface area contributed by atoms with Crippen LogP contribution < -0.4 is 4.74 Å². The van der Waals surface area contributed by atoms with Gasteiger partial charge in [-0.1, -0.05) is 23.7 Å². The minimum Gasteiger partial charge on any atom is -0.489 e. The van der Waals surface area contributed by atoms with E-state index in [9.17, 15) is 17.6 Å². The first kappa shape index (κ1) is 18.3. The summed E-state index contributed by atoms with van der Waals surface area (Å²) in [5, 5.41) is 4.33. The van der Waals surface area contributed by atoms with Gasteiger partial charge in [0.25, 0.3) is 0 Å². The van der Waals surface area contributed by atoms with E-state index in [1.165, 1.54) is 19.2 Å². The lowest BCUT2D eigenvalue weighted by molar-refractivity contribution is -0.137. The van der Waals surface area contributed by atoms with Crippen molar-refractivity contribution in [3.05, 3.63) is 70.6 Å². The molecule has 0 radical (unpaired) electrons. The molecule has 0 amide bonds. The Kier molecular flexibility index (Phi) is 4.91. The number of alkyl halides is 3. The highest BCUT2D eigenvalue weighted by atomic mass is 35.5. The number of rotatable bonds is 4. The van der Waals surface area contributed by atoms with E-state index in [4.69, 9.17) is 16.3 Å². The van der Waals surface area contributed by atoms with Crippen molar-refractivity contribution < 1.29 is 22.3 Å². The predicted molar refractivity (Wildman–Crippen MR) is 89.4 cm³/mol. The van der Waals surface area contributed by atoms with Crippen LogP contribution >= 0.6 is 11.6 Å². The van der Waals surface area contributed by atoms with Crippen molar-refractivity contribution in [2.45, 2.75) is 12.8 Å². The van der Waals surface area contributed by atoms with Crippen LogP contribution in [0.1, 0.15) is 11.1 Å². The smallest absolute Gasteiger partial charge is 0.420 e. The summed E-state index contributed by atoms with van der Waals surface area (Å²) in [5.74, 6) is -0.645. The molecule has 3 nitrogen and oxygen atoms in total. The highest BCUT2D eigenvalue weighted by Crippen LogP contribution is 2.37. The monoisotopic (exact) mass is 384 g/mol. The molecule has 0 aliphatic carbocycles. The minimum absolute atomic E-state index is 0.174. The fraction of sp³-hybridized carbons (Fsp3) is 0.167. The molecule has 26 heavy (non-hydrogen) atoms. The molecule has 0 bridgehead atoms. The van der Waals surface area contributed by atoms with Crippen LogP contribution in [0.2, 0.25) is 5.02 Å². The normalized spacial score (nSPS) is 11.6. The Morgan fingerprint density at radius 3 is 2.42 bits per heavy atom. The molecule has 0 saturated carbocycles. The van der Waals surface area contributed by atoms with Gasteiger partial charge in [-0.3, -0.25) is 4.68 Å². The van der Waals surface area contributed by atoms with Crippen LogP contribution in [0.15, 0.2) is 48.7 Å². The van der Waals surface area contributed by atoms with E-state index in [0.29, 0.717) is 5.02 Å². The number of hydrogen-bond donors (Lipinski definition) is 0. The summed E-state index contributed by atoms with van der Waals surface area (Å²) >= 11 is 5.79. The summed E-state index contributed by atoms with van der Waals surface area (Å²) in [7, 11) is 1.35. The lowest BCUT2D eigenvalue weighted by Crippen LogP contribution is -2.06. The third kappa shape index (κ3) is 3.99. The zero-order chi connectivity index (χ0) is 18.9. The molecular formula is C18H13ClF4N2O. The van der Waals surface area contributed by atoms with Crippen molar-refractivity contribution in [3.63, 3.8) is 0 Å². The first-order valence-electron chi connectivity index (χ1n) is 7.52. The topological polar surface area (TPSA) is 27.1 Å². The molecule has 3 rings (SSSR count). The van der Waals surface area contributed by atoms with Gasteiger partial charge >= 0.3 is 6.18 Å². The second kappa shape index (κ2) is 6.99. The molecule has 1 heterocycles. The molecule has 0 N–H and O–H groups in total. The molecule has 0 fully saturated rings. The number of halogens is 5. The summed E-state index contributed by atoms with van der Waals surface area (Å²) in [6, 6.07) is 10.6. The van der Waals surface area contributed by atoms with Crippen molar-refractivity contribution >= 4 is 11.6 Å². The van der Waals surface area contributed by atoms with Crippen LogP contribution in [0.3, 0.4) is 0 Å². The maximum atomic E-state index is 14.4. The van der Waals surface area contributed by atoms with E-state index in [1.54, 1.807) is 24.3 Å². The highest BCUT2D eigenvalue weighted by molar-refractivity contribution is 6.30. The summed E-state index contributed by atoms with van der Waals surface area (Å²) in [6.07, 6.45) is -3.81. The lowest BCUT2D eigenvalue weighted by Gasteiger charge is -2.10. The molecule has 0 aliphatic rings. The van der Waals surface area contributed by atoms with Crippen molar-refractivity contribution in [2.24, 2.45) is 7.05 Å². The van der Waals surface area contributed by atoms with E-state index in [0.717, 1.165) is 22.5 Å². The maximum absolute atomic E-state index is 14.4. The zero-order valence-corrected chi connectivity index (χ0v) is 14.3. The van der Waals surface area contributed by atoms with E-state index in [2.05, 4.69) is 5.10 Å². The van der Waals surface area contributed by atoms with E-state index >= 15 is 0 Å². The van der Waals surface area contributed by atoms with Crippen LogP contribution in [-0.2, 0) is 19.8 Å². The number of nitrogens with zero attached hydrogens (tertiary/aromatic N) is 2. The van der Waals surface area contributed by atoms with E-state index in [1.807, 2.05) is 0 Å². The maximum Gasteiger partial charge on any atom is 0.420 e. The Hall–Kier alpha value is -2.54. The molecule has 0 saturated heterocycles. The van der Waals surface area contributed by atoms with Crippen molar-refractivity contribution in [3.8, 4) is 17.0 Å². The Balaban J connectivity index is 1.83. The third-order valence-electron chi connectivity index (χ3n) is 3.65. The number of benzene rings is 2. The van der Waals surface area contributed by atoms with Gasteiger partial charge in [0.05, 0.1) is 0 Å². The van der Waals surface area contributed by atoms with Gasteiger partial charge in [0.15, 0.2) is 0 Å². The summed E-state index contributed by atoms with van der Waals surface area (Å²) in [5.41, 5.74) is -0.866. The Morgan fingerprint density at radius 2 is 1.81 bits per heavy atom. The van der Waals surface area contributed by atoms with Crippen LogP contribution in [0.4, 0.5) is 17.6 Å². The van der Waals surface area contributed by atoms with Gasteiger partial charge in [0.1, 0.15) is 29.4 Å². The second-order valence-corrected chi connectivity index (χ2v) is 6.06. The minimum atomic E-state index is -4.63. The second-order valence-electron chi connectivity index (χ2n) is 5.62. The van der Waals surface area contributed by atoms with Gasteiger partial charge in [-0.05, 0) is 29.8 Å². The molecule has 136 valence electrons. The van der Waals surface area contributed by atoms with Crippen molar-refractivity contribution in [1.82, 2.24) is 9.78 Å². The Labute approximate surface area is 151 Å². The van der Waals surface area contributed by atoms with Gasteiger partial charge in [-0.25, -0.2) is 4.39 Å². The van der Waals surface area contributed by atoms with Crippen LogP contribution in [0.5, 0.6) is 5.75 Å². The van der Waals surface area contributed by atoms with Crippen molar-refractivity contribution in [2.75, 3.05) is 0 Å². The van der Waals surface area contributed by atoms with Gasteiger partial charge in [-0.15, -0.1) is 0 Å². The molecule has 8 heteroatoms. The average molecular weight is 385 g/mol. The Bertz CT molecular complexity index is 920. The first-order chi connectivity index (χ1) is 12.2. The third-order valence-corrected chi connectivity index (χ3v) is 3.90. The summed E-state index contributed by atoms with van der Waals surface area (Å²) in [6.45, 7) is 0.174. The molecule has 0 aliphatic heterocycles. The molecule has 3 aromatic rings. The first-order valence-corrected chi connectivity index (χ1v) is 7.90. The molecular weight excluding hydrogens is 372 g/mol. The molecule has 2 aromatic carbocycles. The number of hydrogen-bond acceptors (Lipinski definition) is 2. The quantitative estimate of drug-likeness (QED) is 0.557. The zero-order valence-electron chi connectivity index (χ0n) is 13.5. The number of aryl methyl sites for hydroxylation is 1.